The number of nitrogens with zero attached hydrogens (tertiary/aromatic N) is 1. The maximum Gasteiger partial charge on any atom is 0.332 e. The van der Waals surface area contributed by atoms with Crippen molar-refractivity contribution in [2.24, 2.45) is 0 Å². The normalized spacial score (nSPS) is 19.0. The quantitative estimate of drug-likeness (QED) is 0.840. The van der Waals surface area contributed by atoms with Crippen LogP contribution in [0.3, 0.4) is 0 Å². The summed E-state index contributed by atoms with van der Waals surface area (Å²) in [5.41, 5.74) is 5.89. The first-order chi connectivity index (χ1) is 11.9. The third kappa shape index (κ3) is 3.53. The van der Waals surface area contributed by atoms with Crippen LogP contribution in [0, 0.1) is 0 Å². The fraction of sp³-hybridized carbons (Fsp3) is 0.611. The van der Waals surface area contributed by atoms with Crippen molar-refractivity contribution >= 4 is 21.7 Å². The largest absolute Gasteiger partial charge is 0.332 e. The van der Waals surface area contributed by atoms with Gasteiger partial charge in [0.25, 0.3) is 0 Å². The number of carbonyl (C=O) groups is 1. The summed E-state index contributed by atoms with van der Waals surface area (Å²) < 4.78 is 26.6. The molecule has 3 aliphatic rings. The second-order valence-electron chi connectivity index (χ2n) is 7.52. The van der Waals surface area contributed by atoms with E-state index in [-0.39, 0.29) is 5.88 Å². The number of hydrogen-bond acceptors (Lipinski definition) is 4. The molecule has 0 heterocycles. The predicted molar refractivity (Wildman–Crippen MR) is 97.2 cm³/mol. The van der Waals surface area contributed by atoms with Gasteiger partial charge in [-0.25, -0.2) is 17.9 Å². The van der Waals surface area contributed by atoms with Crippen LogP contribution in [-0.2, 0) is 35.7 Å². The van der Waals surface area contributed by atoms with E-state index in [0.29, 0.717) is 6.04 Å². The lowest BCUT2D eigenvalue weighted by molar-refractivity contribution is 0.256. The summed E-state index contributed by atoms with van der Waals surface area (Å²) in [5.74, 6) is -0.143. The summed E-state index contributed by atoms with van der Waals surface area (Å²) in [4.78, 5) is 14.2. The number of amides is 2. The van der Waals surface area contributed by atoms with Crippen LogP contribution < -0.4 is 10.0 Å². The third-order valence-electron chi connectivity index (χ3n) is 5.50. The Morgan fingerprint density at radius 2 is 1.72 bits per heavy atom. The van der Waals surface area contributed by atoms with Gasteiger partial charge >= 0.3 is 6.03 Å². The van der Waals surface area contributed by atoms with Crippen molar-refractivity contribution in [1.82, 2.24) is 9.62 Å². The van der Waals surface area contributed by atoms with E-state index < -0.39 is 16.1 Å². The minimum Gasteiger partial charge on any atom is -0.307 e. The van der Waals surface area contributed by atoms with Gasteiger partial charge in [0.15, 0.2) is 0 Å². The first-order valence-corrected chi connectivity index (χ1v) is 10.8. The Morgan fingerprint density at radius 1 is 1.12 bits per heavy atom. The van der Waals surface area contributed by atoms with Crippen molar-refractivity contribution in [1.29, 1.82) is 0 Å². The standard InChI is InChI=1S/C18H25N3O3S/c1-21(14-8-9-14)11-25(23,24)20-18(22)19-17-15-6-2-4-12(15)10-13-5-3-7-16(13)17/h10,14H,2-9,11H2,1H3,(H2,19,20,22). The number of benzene rings is 1. The summed E-state index contributed by atoms with van der Waals surface area (Å²) in [5, 5.41) is 2.87. The molecule has 0 bridgehead atoms. The highest BCUT2D eigenvalue weighted by molar-refractivity contribution is 7.89. The first kappa shape index (κ1) is 16.8. The number of urea groups is 1. The van der Waals surface area contributed by atoms with Crippen molar-refractivity contribution in [3.05, 3.63) is 28.3 Å². The zero-order valence-electron chi connectivity index (χ0n) is 14.6. The molecular formula is C18H25N3O3S. The number of aryl methyl sites for hydroxylation is 2. The second-order valence-corrected chi connectivity index (χ2v) is 9.21. The lowest BCUT2D eigenvalue weighted by Crippen LogP contribution is -2.41. The van der Waals surface area contributed by atoms with Gasteiger partial charge in [-0.15, -0.1) is 0 Å². The molecule has 0 aliphatic heterocycles. The van der Waals surface area contributed by atoms with E-state index in [0.717, 1.165) is 57.1 Å². The van der Waals surface area contributed by atoms with Crippen LogP contribution in [0.25, 0.3) is 0 Å². The fourth-order valence-electron chi connectivity index (χ4n) is 4.17. The second kappa shape index (κ2) is 6.29. The Morgan fingerprint density at radius 3 is 2.28 bits per heavy atom. The molecule has 1 aromatic rings. The molecule has 0 atom stereocenters. The molecule has 3 aliphatic carbocycles. The van der Waals surface area contributed by atoms with Crippen LogP contribution in [0.2, 0.25) is 0 Å². The maximum absolute atomic E-state index is 12.4. The summed E-state index contributed by atoms with van der Waals surface area (Å²) in [6.07, 6.45) is 8.25. The van der Waals surface area contributed by atoms with E-state index in [9.17, 15) is 13.2 Å². The predicted octanol–water partition coefficient (Wildman–Crippen LogP) is 2.17. The van der Waals surface area contributed by atoms with Crippen LogP contribution in [0.1, 0.15) is 47.9 Å². The van der Waals surface area contributed by atoms with E-state index in [1.54, 1.807) is 11.9 Å². The SMILES string of the molecule is CN(CS(=O)(=O)NC(=O)Nc1c2c(cc3c1CCC3)CCC2)C1CC1. The fourth-order valence-corrected chi connectivity index (χ4v) is 5.31. The maximum atomic E-state index is 12.4. The first-order valence-electron chi connectivity index (χ1n) is 9.11. The molecule has 4 rings (SSSR count). The molecule has 0 aromatic heterocycles. The zero-order valence-corrected chi connectivity index (χ0v) is 15.4. The van der Waals surface area contributed by atoms with Gasteiger partial charge in [-0.1, -0.05) is 6.07 Å². The monoisotopic (exact) mass is 363 g/mol. The van der Waals surface area contributed by atoms with E-state index in [1.165, 1.54) is 22.3 Å². The van der Waals surface area contributed by atoms with Crippen molar-refractivity contribution < 1.29 is 13.2 Å². The van der Waals surface area contributed by atoms with E-state index in [1.807, 2.05) is 0 Å². The molecule has 0 unspecified atom stereocenters. The number of anilines is 1. The molecule has 25 heavy (non-hydrogen) atoms. The van der Waals surface area contributed by atoms with E-state index in [2.05, 4.69) is 16.1 Å². The van der Waals surface area contributed by atoms with Gasteiger partial charge in [-0.05, 0) is 80.7 Å². The summed E-state index contributed by atoms with van der Waals surface area (Å²) in [6, 6.07) is 1.98. The third-order valence-corrected chi connectivity index (χ3v) is 6.75. The van der Waals surface area contributed by atoms with Gasteiger partial charge in [0.2, 0.25) is 10.0 Å². The van der Waals surface area contributed by atoms with Gasteiger partial charge in [0.1, 0.15) is 5.88 Å². The lowest BCUT2D eigenvalue weighted by atomic mass is 9.99. The number of fused-ring (bicyclic) bond motifs is 2. The van der Waals surface area contributed by atoms with Crippen LogP contribution in [0.15, 0.2) is 6.07 Å². The van der Waals surface area contributed by atoms with Gasteiger partial charge < -0.3 is 5.32 Å². The Balaban J connectivity index is 1.50. The average Bonchev–Trinajstić information content (AvgIpc) is 3.10. The van der Waals surface area contributed by atoms with Gasteiger partial charge in [-0.2, -0.15) is 0 Å². The Labute approximate surface area is 149 Å². The van der Waals surface area contributed by atoms with Crippen LogP contribution >= 0.6 is 0 Å². The highest BCUT2D eigenvalue weighted by atomic mass is 32.2. The molecule has 1 aromatic carbocycles. The molecule has 1 saturated carbocycles. The number of rotatable bonds is 5. The Bertz CT molecular complexity index is 783. The average molecular weight is 363 g/mol. The molecule has 0 spiro atoms. The lowest BCUT2D eigenvalue weighted by Gasteiger charge is -2.18. The topological polar surface area (TPSA) is 78.5 Å². The molecule has 1 fully saturated rings. The van der Waals surface area contributed by atoms with E-state index in [4.69, 9.17) is 0 Å². The zero-order chi connectivity index (χ0) is 17.6. The van der Waals surface area contributed by atoms with Crippen LogP contribution in [-0.4, -0.2) is 38.3 Å². The van der Waals surface area contributed by atoms with E-state index >= 15 is 0 Å². The van der Waals surface area contributed by atoms with Gasteiger partial charge in [0, 0.05) is 11.7 Å². The molecular weight excluding hydrogens is 338 g/mol. The highest BCUT2D eigenvalue weighted by Gasteiger charge is 2.30. The van der Waals surface area contributed by atoms with Crippen LogP contribution in [0.5, 0.6) is 0 Å². The number of sulfonamides is 1. The van der Waals surface area contributed by atoms with Crippen molar-refractivity contribution in [2.75, 3.05) is 18.2 Å². The molecule has 0 radical (unpaired) electrons. The van der Waals surface area contributed by atoms with Crippen molar-refractivity contribution in [2.45, 2.75) is 57.4 Å². The summed E-state index contributed by atoms with van der Waals surface area (Å²) >= 11 is 0. The Kier molecular flexibility index (Phi) is 4.24. The van der Waals surface area contributed by atoms with Gasteiger partial charge in [-0.3, -0.25) is 4.90 Å². The van der Waals surface area contributed by atoms with Crippen LogP contribution in [0.4, 0.5) is 10.5 Å². The molecule has 0 saturated heterocycles. The minimum atomic E-state index is -3.67. The number of hydrogen-bond donors (Lipinski definition) is 2. The molecule has 6 nitrogen and oxygen atoms in total. The van der Waals surface area contributed by atoms with Crippen molar-refractivity contribution in [3.8, 4) is 0 Å². The number of carbonyl (C=O) groups excluding carboxylic acids is 1. The Hall–Kier alpha value is -1.60. The summed E-state index contributed by atoms with van der Waals surface area (Å²) in [7, 11) is -1.89. The highest BCUT2D eigenvalue weighted by Crippen LogP contribution is 2.38. The smallest absolute Gasteiger partial charge is 0.307 e. The molecule has 136 valence electrons. The molecule has 2 amide bonds. The van der Waals surface area contributed by atoms with Crippen molar-refractivity contribution in [3.63, 3.8) is 0 Å². The molecule has 2 N–H and O–H groups in total. The minimum absolute atomic E-state index is 0.143. The summed E-state index contributed by atoms with van der Waals surface area (Å²) in [6.45, 7) is 0. The number of nitrogens with one attached hydrogen (secondary N) is 2. The molecule has 7 heteroatoms. The van der Waals surface area contributed by atoms with Gasteiger partial charge in [0.05, 0.1) is 0 Å².